The molecule has 17 heavy (non-hydrogen) atoms. The normalized spacial score (nSPS) is 14.6. The molecule has 0 spiro atoms. The van der Waals surface area contributed by atoms with Crippen molar-refractivity contribution in [2.24, 2.45) is 5.73 Å². The minimum absolute atomic E-state index is 0.0179. The molecule has 0 fully saturated rings. The molecule has 0 aliphatic carbocycles. The van der Waals surface area contributed by atoms with Gasteiger partial charge in [0.2, 0.25) is 5.60 Å². The molecule has 0 aromatic carbocycles. The Morgan fingerprint density at radius 3 is 2.12 bits per heavy atom. The average Bonchev–Trinajstić information content (AvgIpc) is 2.15. The maximum Gasteiger partial charge on any atom is 0.412 e. The van der Waals surface area contributed by atoms with Crippen LogP contribution in [-0.4, -0.2) is 37.4 Å². The highest BCUT2D eigenvalue weighted by atomic mass is 16.9. The van der Waals surface area contributed by atoms with Crippen molar-refractivity contribution < 1.29 is 28.9 Å². The van der Waals surface area contributed by atoms with E-state index in [-0.39, 0.29) is 6.61 Å². The van der Waals surface area contributed by atoms with Gasteiger partial charge in [0.05, 0.1) is 6.61 Å². The molecule has 1 radical (unpaired) electrons. The second-order valence-corrected chi connectivity index (χ2v) is 3.56. The van der Waals surface area contributed by atoms with Gasteiger partial charge >= 0.3 is 18.2 Å². The number of rotatable bonds is 5. The zero-order chi connectivity index (χ0) is 13.7. The highest BCUT2D eigenvalue weighted by molar-refractivity contribution is 5.68. The van der Waals surface area contributed by atoms with Gasteiger partial charge in [-0.05, 0) is 20.8 Å². The van der Waals surface area contributed by atoms with Crippen molar-refractivity contribution in [1.29, 1.82) is 0 Å². The molecule has 0 heterocycles. The summed E-state index contributed by atoms with van der Waals surface area (Å²) in [6.07, 6.45) is -2.27. The number of carbonyl (C=O) groups excluding carboxylic acids is 2. The number of hydrogen-bond acceptors (Lipinski definition) is 5. The van der Waals surface area contributed by atoms with Crippen LogP contribution >= 0.6 is 0 Å². The smallest absolute Gasteiger partial charge is 0.379 e. The predicted octanol–water partition coefficient (Wildman–Crippen LogP) is 0.337. The van der Waals surface area contributed by atoms with Gasteiger partial charge in [-0.3, -0.25) is 0 Å². The Balaban J connectivity index is 5.23. The summed E-state index contributed by atoms with van der Waals surface area (Å²) in [5.41, 5.74) is 2.78. The Morgan fingerprint density at radius 2 is 1.82 bits per heavy atom. The summed E-state index contributed by atoms with van der Waals surface area (Å²) in [6, 6.07) is 0. The Kier molecular flexibility index (Phi) is 5.17. The fourth-order valence-corrected chi connectivity index (χ4v) is 0.995. The fraction of sp³-hybridized carbons (Fsp3) is 0.778. The Labute approximate surface area is 99.0 Å². The summed E-state index contributed by atoms with van der Waals surface area (Å²) < 4.78 is 14.2. The highest BCUT2D eigenvalue weighted by Gasteiger charge is 2.55. The summed E-state index contributed by atoms with van der Waals surface area (Å²) in [5, 5.41) is 14.1. The van der Waals surface area contributed by atoms with E-state index in [0.29, 0.717) is 0 Å². The van der Waals surface area contributed by atoms with E-state index in [4.69, 9.17) is 15.2 Å². The molecule has 0 saturated heterocycles. The number of nitrogens with two attached hydrogens (primary N) is 1. The molecule has 0 saturated carbocycles. The minimum atomic E-state index is -2.41. The number of primary amides is 1. The Hall–Kier alpha value is -1.54. The third kappa shape index (κ3) is 4.08. The quantitative estimate of drug-likeness (QED) is 0.680. The Bertz CT molecular complexity index is 288. The van der Waals surface area contributed by atoms with Gasteiger partial charge in [-0.15, -0.1) is 0 Å². The lowest BCUT2D eigenvalue weighted by Gasteiger charge is -2.37. The van der Waals surface area contributed by atoms with Crippen molar-refractivity contribution >= 4 is 12.2 Å². The second kappa shape index (κ2) is 5.69. The molecule has 1 atom stereocenters. The van der Waals surface area contributed by atoms with E-state index in [1.54, 1.807) is 0 Å². The van der Waals surface area contributed by atoms with Crippen LogP contribution in [0.4, 0.5) is 9.59 Å². The van der Waals surface area contributed by atoms with Gasteiger partial charge in [-0.2, -0.15) is 0 Å². The first-order chi connectivity index (χ1) is 7.68. The van der Waals surface area contributed by atoms with Crippen molar-refractivity contribution in [2.45, 2.75) is 32.3 Å². The van der Waals surface area contributed by atoms with E-state index >= 15 is 0 Å². The van der Waals surface area contributed by atoms with Crippen molar-refractivity contribution in [1.82, 2.24) is 5.32 Å². The summed E-state index contributed by atoms with van der Waals surface area (Å²) in [6.45, 7) is 3.79. The van der Waals surface area contributed by atoms with E-state index in [0.717, 1.165) is 13.8 Å². The maximum atomic E-state index is 11.9. The summed E-state index contributed by atoms with van der Waals surface area (Å²) in [5.74, 6) is -2.41. The lowest BCUT2D eigenvalue weighted by molar-refractivity contribution is -0.400. The fourth-order valence-electron chi connectivity index (χ4n) is 0.995. The molecular weight excluding hydrogens is 232 g/mol. The molecule has 0 aliphatic heterocycles. The van der Waals surface area contributed by atoms with Crippen LogP contribution in [-0.2, 0) is 19.3 Å². The van der Waals surface area contributed by atoms with Crippen LogP contribution in [0.2, 0.25) is 0 Å². The van der Waals surface area contributed by atoms with Crippen LogP contribution in [0.3, 0.4) is 0 Å². The van der Waals surface area contributed by atoms with Gasteiger partial charge in [0.1, 0.15) is 0 Å². The van der Waals surface area contributed by atoms with E-state index in [1.165, 1.54) is 14.0 Å². The van der Waals surface area contributed by atoms with Gasteiger partial charge in [-0.1, -0.05) is 0 Å². The molecule has 0 bridgehead atoms. The van der Waals surface area contributed by atoms with Crippen molar-refractivity contribution in [2.75, 3.05) is 13.7 Å². The van der Waals surface area contributed by atoms with Crippen LogP contribution in [0.15, 0.2) is 0 Å². The van der Waals surface area contributed by atoms with E-state index in [9.17, 15) is 14.7 Å². The average molecular weight is 249 g/mol. The zero-order valence-corrected chi connectivity index (χ0v) is 10.2. The van der Waals surface area contributed by atoms with Crippen molar-refractivity contribution in [3.63, 3.8) is 0 Å². The molecule has 1 unspecified atom stereocenters. The minimum Gasteiger partial charge on any atom is -0.379 e. The summed E-state index contributed by atoms with van der Waals surface area (Å²) in [4.78, 5) is 21.9. The van der Waals surface area contributed by atoms with Crippen LogP contribution in [0.25, 0.3) is 0 Å². The van der Waals surface area contributed by atoms with Crippen molar-refractivity contribution in [3.05, 3.63) is 0 Å². The first-order valence-corrected chi connectivity index (χ1v) is 4.92. The monoisotopic (exact) mass is 249 g/mol. The first kappa shape index (κ1) is 15.5. The van der Waals surface area contributed by atoms with E-state index < -0.39 is 23.8 Å². The molecule has 8 nitrogen and oxygen atoms in total. The lowest BCUT2D eigenvalue weighted by Crippen LogP contribution is -2.59. The number of hydrogen-bond donors (Lipinski definition) is 2. The van der Waals surface area contributed by atoms with Crippen molar-refractivity contribution in [3.8, 4) is 0 Å². The second-order valence-electron chi connectivity index (χ2n) is 3.56. The molecule has 99 valence electrons. The lowest BCUT2D eigenvalue weighted by atomic mass is 10.1. The number of carbonyl (C=O) groups is 2. The molecular formula is C9H17N2O6. The molecule has 3 N–H and O–H groups in total. The molecule has 0 rings (SSSR count). The standard InChI is InChI=1S/C9H17N2O6/c1-5-15-9(8(2,3)14,16-6(10)12)17-7(13)11-4/h5H2,1-4H3,(H2,10,12)(H,11,13). The summed E-state index contributed by atoms with van der Waals surface area (Å²) >= 11 is 0. The van der Waals surface area contributed by atoms with Crippen LogP contribution < -0.4 is 11.1 Å². The molecule has 2 amide bonds. The topological polar surface area (TPSA) is 120 Å². The van der Waals surface area contributed by atoms with Gasteiger partial charge in [-0.25, -0.2) is 14.7 Å². The van der Waals surface area contributed by atoms with E-state index in [1.807, 2.05) is 0 Å². The SMILES string of the molecule is CCOC(OC(N)=O)(OC(=O)NC)C(C)(C)[O]. The first-order valence-electron chi connectivity index (χ1n) is 4.92. The van der Waals surface area contributed by atoms with Crippen LogP contribution in [0, 0.1) is 0 Å². The number of nitrogens with one attached hydrogen (secondary N) is 1. The molecule has 8 heteroatoms. The van der Waals surface area contributed by atoms with Crippen LogP contribution in [0.1, 0.15) is 20.8 Å². The van der Waals surface area contributed by atoms with Gasteiger partial charge in [0.15, 0.2) is 0 Å². The highest BCUT2D eigenvalue weighted by Crippen LogP contribution is 2.30. The maximum absolute atomic E-state index is 11.9. The number of alkyl carbamates (subject to hydrolysis) is 1. The van der Waals surface area contributed by atoms with E-state index in [2.05, 4.69) is 10.1 Å². The number of ether oxygens (including phenoxy) is 3. The molecule has 0 aliphatic rings. The third-order valence-electron chi connectivity index (χ3n) is 1.74. The molecule has 0 aromatic heterocycles. The molecule has 0 aromatic rings. The zero-order valence-electron chi connectivity index (χ0n) is 10.2. The third-order valence-corrected chi connectivity index (χ3v) is 1.74. The van der Waals surface area contributed by atoms with Crippen LogP contribution in [0.5, 0.6) is 0 Å². The predicted molar refractivity (Wildman–Crippen MR) is 55.3 cm³/mol. The largest absolute Gasteiger partial charge is 0.412 e. The van der Waals surface area contributed by atoms with Gasteiger partial charge in [0, 0.05) is 7.05 Å². The van der Waals surface area contributed by atoms with Gasteiger partial charge < -0.3 is 25.3 Å². The number of amides is 2. The van der Waals surface area contributed by atoms with Gasteiger partial charge in [0.25, 0.3) is 0 Å². The Morgan fingerprint density at radius 1 is 1.29 bits per heavy atom. The summed E-state index contributed by atoms with van der Waals surface area (Å²) in [7, 11) is 1.28.